The molecule has 2 fully saturated rings. The Morgan fingerprint density at radius 2 is 1.45 bits per heavy atom. The molecule has 3 aliphatic rings. The normalized spacial score (nSPS) is 22.1. The van der Waals surface area contributed by atoms with Crippen LogP contribution in [0.25, 0.3) is 0 Å². The molecular weight excluding hydrogens is 576 g/mol. The van der Waals surface area contributed by atoms with E-state index in [1.54, 1.807) is 0 Å². The molecule has 0 radical (unpaired) electrons. The van der Waals surface area contributed by atoms with Gasteiger partial charge in [-0.05, 0) is 47.4 Å². The Kier molecular flexibility index (Phi) is 10.7. The Bertz CT molecular complexity index is 1320. The third kappa shape index (κ3) is 8.51. The van der Waals surface area contributed by atoms with E-state index in [0.29, 0.717) is 24.4 Å². The molecule has 234 valence electrons. The Morgan fingerprint density at radius 3 is 1.98 bits per heavy atom. The van der Waals surface area contributed by atoms with E-state index < -0.39 is 30.6 Å². The molecule has 2 saturated heterocycles. The monoisotopic (exact) mass is 610 g/mol. The van der Waals surface area contributed by atoms with Crippen LogP contribution in [0, 0.1) is 0 Å². The van der Waals surface area contributed by atoms with Crippen LogP contribution in [0.4, 0.5) is 9.59 Å². The van der Waals surface area contributed by atoms with Crippen molar-refractivity contribution in [3.05, 3.63) is 83.5 Å². The van der Waals surface area contributed by atoms with Gasteiger partial charge in [0.2, 0.25) is 0 Å². The van der Waals surface area contributed by atoms with Crippen molar-refractivity contribution in [3.8, 4) is 11.5 Å². The molecule has 0 N–H and O–H groups in total. The number of methoxy groups -OCH3 is 1. The minimum atomic E-state index is -0.685. The SMILES string of the molecule is COCC(COc1ccc(C(C2=CCC(OCC3COC(=O)O3)C=C2)c2ccc(OCC3COC(=O)O3)cc2)cc1)OC=O. The first kappa shape index (κ1) is 30.9. The standard InChI is InChI=1S/C32H34O12/c1-36-14-27(42-20-33)15-37-24-8-2-21(3-9-24)30(22-4-10-25(11-5-22)38-16-28-18-40-31(34)43-28)23-6-12-26(13-7-23)39-17-29-19-41-32(35)44-29/h2-12,20,26-30H,13-19H2,1H3. The summed E-state index contributed by atoms with van der Waals surface area (Å²) in [5, 5.41) is 0. The van der Waals surface area contributed by atoms with Gasteiger partial charge in [-0.15, -0.1) is 0 Å². The van der Waals surface area contributed by atoms with Crippen molar-refractivity contribution >= 4 is 18.8 Å². The lowest BCUT2D eigenvalue weighted by molar-refractivity contribution is -0.137. The highest BCUT2D eigenvalue weighted by Crippen LogP contribution is 2.36. The molecule has 5 atom stereocenters. The van der Waals surface area contributed by atoms with Gasteiger partial charge in [-0.2, -0.15) is 0 Å². The minimum Gasteiger partial charge on any atom is -0.490 e. The summed E-state index contributed by atoms with van der Waals surface area (Å²) in [5.41, 5.74) is 3.15. The lowest BCUT2D eigenvalue weighted by atomic mass is 9.82. The van der Waals surface area contributed by atoms with E-state index in [-0.39, 0.29) is 51.7 Å². The molecule has 12 nitrogen and oxygen atoms in total. The number of carbonyl (C=O) groups is 3. The van der Waals surface area contributed by atoms with Crippen LogP contribution in [0.3, 0.4) is 0 Å². The van der Waals surface area contributed by atoms with Gasteiger partial charge in [-0.25, -0.2) is 9.59 Å². The molecule has 5 rings (SSSR count). The molecule has 5 unspecified atom stereocenters. The number of allylic oxidation sites excluding steroid dienone is 2. The number of rotatable bonds is 16. The summed E-state index contributed by atoms with van der Waals surface area (Å²) in [6.07, 6.45) is 3.96. The topological polar surface area (TPSA) is 134 Å². The molecule has 44 heavy (non-hydrogen) atoms. The lowest BCUT2D eigenvalue weighted by Crippen LogP contribution is -2.26. The molecule has 12 heteroatoms. The van der Waals surface area contributed by atoms with Crippen molar-refractivity contribution < 1.29 is 57.0 Å². The van der Waals surface area contributed by atoms with Crippen LogP contribution in [0.5, 0.6) is 11.5 Å². The quantitative estimate of drug-likeness (QED) is 0.154. The van der Waals surface area contributed by atoms with E-state index >= 15 is 0 Å². The van der Waals surface area contributed by atoms with Gasteiger partial charge in [-0.3, -0.25) is 4.79 Å². The van der Waals surface area contributed by atoms with Gasteiger partial charge in [-0.1, -0.05) is 42.5 Å². The van der Waals surface area contributed by atoms with E-state index in [4.69, 9.17) is 42.6 Å². The van der Waals surface area contributed by atoms with E-state index in [9.17, 15) is 14.4 Å². The Morgan fingerprint density at radius 1 is 0.841 bits per heavy atom. The van der Waals surface area contributed by atoms with E-state index in [1.165, 1.54) is 7.11 Å². The van der Waals surface area contributed by atoms with Crippen LogP contribution in [-0.4, -0.2) is 89.9 Å². The van der Waals surface area contributed by atoms with Crippen LogP contribution in [0.15, 0.2) is 72.3 Å². The summed E-state index contributed by atoms with van der Waals surface area (Å²) in [7, 11) is 1.53. The number of benzene rings is 2. The third-order valence-electron chi connectivity index (χ3n) is 7.12. The van der Waals surface area contributed by atoms with Gasteiger partial charge in [0, 0.05) is 13.0 Å². The van der Waals surface area contributed by atoms with E-state index in [0.717, 1.165) is 16.7 Å². The van der Waals surface area contributed by atoms with Crippen molar-refractivity contribution in [1.82, 2.24) is 0 Å². The van der Waals surface area contributed by atoms with Gasteiger partial charge in [0.1, 0.15) is 37.9 Å². The van der Waals surface area contributed by atoms with Crippen LogP contribution < -0.4 is 9.47 Å². The first-order valence-corrected chi connectivity index (χ1v) is 14.2. The van der Waals surface area contributed by atoms with Crippen LogP contribution in [-0.2, 0) is 38.0 Å². The van der Waals surface area contributed by atoms with E-state index in [2.05, 4.69) is 6.08 Å². The third-order valence-corrected chi connectivity index (χ3v) is 7.12. The fourth-order valence-electron chi connectivity index (χ4n) is 4.94. The van der Waals surface area contributed by atoms with Gasteiger partial charge >= 0.3 is 12.3 Å². The molecule has 0 bridgehead atoms. The largest absolute Gasteiger partial charge is 0.508 e. The molecule has 2 heterocycles. The molecular formula is C32H34O12. The predicted octanol–water partition coefficient (Wildman–Crippen LogP) is 4.11. The summed E-state index contributed by atoms with van der Waals surface area (Å²) in [5.74, 6) is 1.16. The zero-order chi connectivity index (χ0) is 30.7. The van der Waals surface area contributed by atoms with Crippen LogP contribution in [0.2, 0.25) is 0 Å². The van der Waals surface area contributed by atoms with Crippen molar-refractivity contribution in [1.29, 1.82) is 0 Å². The van der Waals surface area contributed by atoms with Crippen molar-refractivity contribution in [3.63, 3.8) is 0 Å². The second-order valence-electron chi connectivity index (χ2n) is 10.3. The lowest BCUT2D eigenvalue weighted by Gasteiger charge is -2.25. The van der Waals surface area contributed by atoms with Crippen LogP contribution in [0.1, 0.15) is 23.5 Å². The molecule has 2 aromatic carbocycles. The zero-order valence-corrected chi connectivity index (χ0v) is 24.2. The summed E-state index contributed by atoms with van der Waals surface area (Å²) >= 11 is 0. The van der Waals surface area contributed by atoms with Gasteiger partial charge < -0.3 is 42.6 Å². The Hall–Kier alpha value is -4.55. The van der Waals surface area contributed by atoms with Crippen LogP contribution >= 0.6 is 0 Å². The second kappa shape index (κ2) is 15.3. The number of hydrogen-bond acceptors (Lipinski definition) is 12. The Labute approximate surface area is 254 Å². The molecule has 2 aromatic rings. The highest BCUT2D eigenvalue weighted by Gasteiger charge is 2.28. The maximum atomic E-state index is 11.2. The smallest absolute Gasteiger partial charge is 0.490 e. The maximum Gasteiger partial charge on any atom is 0.508 e. The fourth-order valence-corrected chi connectivity index (χ4v) is 4.94. The zero-order valence-electron chi connectivity index (χ0n) is 24.2. The maximum absolute atomic E-state index is 11.2. The highest BCUT2D eigenvalue weighted by atomic mass is 16.8. The van der Waals surface area contributed by atoms with Gasteiger partial charge in [0.25, 0.3) is 6.47 Å². The number of ether oxygens (including phenoxy) is 9. The average Bonchev–Trinajstić information content (AvgIpc) is 3.67. The fraction of sp³-hybridized carbons (Fsp3) is 0.406. The number of hydrogen-bond donors (Lipinski definition) is 0. The Balaban J connectivity index is 1.27. The highest BCUT2D eigenvalue weighted by molar-refractivity contribution is 5.62. The van der Waals surface area contributed by atoms with Gasteiger partial charge in [0.05, 0.1) is 19.3 Å². The molecule has 1 aliphatic carbocycles. The van der Waals surface area contributed by atoms with Crippen molar-refractivity contribution in [2.75, 3.05) is 46.8 Å². The first-order chi connectivity index (χ1) is 21.5. The summed E-state index contributed by atoms with van der Waals surface area (Å²) < 4.78 is 47.4. The molecule has 0 spiro atoms. The number of cyclic esters (lactones) is 4. The van der Waals surface area contributed by atoms with Crippen molar-refractivity contribution in [2.24, 2.45) is 0 Å². The van der Waals surface area contributed by atoms with Crippen molar-refractivity contribution in [2.45, 2.75) is 36.8 Å². The molecule has 0 amide bonds. The van der Waals surface area contributed by atoms with Gasteiger partial charge in [0.15, 0.2) is 18.3 Å². The minimum absolute atomic E-state index is 0.108. The summed E-state index contributed by atoms with van der Waals surface area (Å²) in [4.78, 5) is 33.1. The first-order valence-electron chi connectivity index (χ1n) is 14.2. The second-order valence-corrected chi connectivity index (χ2v) is 10.3. The molecule has 2 aliphatic heterocycles. The predicted molar refractivity (Wildman–Crippen MR) is 153 cm³/mol. The summed E-state index contributed by atoms with van der Waals surface area (Å²) in [6.45, 7) is 1.57. The molecule has 0 saturated carbocycles. The average molecular weight is 611 g/mol. The number of carbonyl (C=O) groups excluding carboxylic acids is 3. The van der Waals surface area contributed by atoms with E-state index in [1.807, 2.05) is 60.7 Å². The summed E-state index contributed by atoms with van der Waals surface area (Å²) in [6, 6.07) is 15.5. The molecule has 0 aromatic heterocycles.